The smallest absolute Gasteiger partial charge is 0.257 e. The SMILES string of the molecule is CCC1CCCCN1CCc1cc2cc(CN3CCOCC3)cc3c(=O)c(C(=O)NCc4ccc(Cl)cc4)cn1c23. The zero-order chi connectivity index (χ0) is 28.3. The molecular formula is C33H39ClN4O3. The Morgan fingerprint density at radius 1 is 1.05 bits per heavy atom. The van der Waals surface area contributed by atoms with Crippen LogP contribution in [0.15, 0.2) is 53.5 Å². The number of hydrogen-bond acceptors (Lipinski definition) is 5. The van der Waals surface area contributed by atoms with Gasteiger partial charge in [-0.3, -0.25) is 14.5 Å². The summed E-state index contributed by atoms with van der Waals surface area (Å²) < 4.78 is 7.63. The molecule has 0 bridgehead atoms. The van der Waals surface area contributed by atoms with Crippen LogP contribution in [0.3, 0.4) is 0 Å². The van der Waals surface area contributed by atoms with Crippen LogP contribution >= 0.6 is 11.6 Å². The van der Waals surface area contributed by atoms with E-state index in [2.05, 4.69) is 38.6 Å². The van der Waals surface area contributed by atoms with Crippen molar-refractivity contribution in [2.75, 3.05) is 39.4 Å². The van der Waals surface area contributed by atoms with Crippen molar-refractivity contribution >= 4 is 33.8 Å². The highest BCUT2D eigenvalue weighted by Gasteiger charge is 2.23. The van der Waals surface area contributed by atoms with Crippen LogP contribution in [0.2, 0.25) is 5.02 Å². The summed E-state index contributed by atoms with van der Waals surface area (Å²) in [6, 6.07) is 14.4. The first-order valence-electron chi connectivity index (χ1n) is 15.0. The van der Waals surface area contributed by atoms with Gasteiger partial charge >= 0.3 is 0 Å². The van der Waals surface area contributed by atoms with Gasteiger partial charge in [0.05, 0.1) is 18.7 Å². The Morgan fingerprint density at radius 2 is 1.85 bits per heavy atom. The van der Waals surface area contributed by atoms with Crippen LogP contribution in [-0.2, 0) is 24.2 Å². The van der Waals surface area contributed by atoms with Crippen LogP contribution in [0.25, 0.3) is 16.3 Å². The van der Waals surface area contributed by atoms with Crippen LogP contribution in [0.5, 0.6) is 0 Å². The maximum absolute atomic E-state index is 13.8. The number of halogens is 1. The predicted molar refractivity (Wildman–Crippen MR) is 164 cm³/mol. The second kappa shape index (κ2) is 12.5. The minimum absolute atomic E-state index is 0.179. The number of nitrogens with zero attached hydrogens (tertiary/aromatic N) is 3. The molecule has 0 radical (unpaired) electrons. The molecule has 1 unspecified atom stereocenters. The standard InChI is InChI=1S/C33H39ClN4O3/c1-2-27-5-3-4-11-37(27)12-10-28-19-25-17-24(21-36-13-15-41-16-14-36)18-29-31(25)38(28)22-30(32(29)39)33(40)35-20-23-6-8-26(34)9-7-23/h6-9,17-19,22,27H,2-5,10-16,20-21H2,1H3,(H,35,40). The number of nitrogens with one attached hydrogen (secondary N) is 1. The van der Waals surface area contributed by atoms with Crippen molar-refractivity contribution in [1.82, 2.24) is 19.5 Å². The molecule has 0 saturated carbocycles. The van der Waals surface area contributed by atoms with Crippen LogP contribution in [0.4, 0.5) is 0 Å². The molecule has 2 fully saturated rings. The molecule has 2 aliphatic heterocycles. The largest absolute Gasteiger partial charge is 0.379 e. The van der Waals surface area contributed by atoms with Gasteiger partial charge in [0.25, 0.3) is 5.91 Å². The highest BCUT2D eigenvalue weighted by Crippen LogP contribution is 2.28. The second-order valence-corrected chi connectivity index (χ2v) is 11.9. The highest BCUT2D eigenvalue weighted by atomic mass is 35.5. The van der Waals surface area contributed by atoms with E-state index in [4.69, 9.17) is 16.3 Å². The van der Waals surface area contributed by atoms with Crippen molar-refractivity contribution < 1.29 is 9.53 Å². The molecule has 4 heterocycles. The summed E-state index contributed by atoms with van der Waals surface area (Å²) in [6.45, 7) is 8.68. The Labute approximate surface area is 246 Å². The molecule has 7 nitrogen and oxygen atoms in total. The van der Waals surface area contributed by atoms with Crippen molar-refractivity contribution in [3.8, 4) is 0 Å². The Bertz CT molecular complexity index is 1560. The number of likely N-dealkylation sites (tertiary alicyclic amines) is 1. The molecule has 2 aliphatic rings. The lowest BCUT2D eigenvalue weighted by atomic mass is 10.00. The lowest BCUT2D eigenvalue weighted by Crippen LogP contribution is -2.40. The number of piperidine rings is 1. The minimum Gasteiger partial charge on any atom is -0.379 e. The number of pyridine rings is 1. The average molecular weight is 575 g/mol. The molecule has 6 rings (SSSR count). The molecule has 8 heteroatoms. The zero-order valence-electron chi connectivity index (χ0n) is 23.8. The Balaban J connectivity index is 1.35. The van der Waals surface area contributed by atoms with Gasteiger partial charge < -0.3 is 19.4 Å². The third-order valence-corrected chi connectivity index (χ3v) is 9.07. The van der Waals surface area contributed by atoms with Crippen molar-refractivity contribution in [2.45, 2.75) is 58.2 Å². The summed E-state index contributed by atoms with van der Waals surface area (Å²) in [5, 5.41) is 5.28. The highest BCUT2D eigenvalue weighted by molar-refractivity contribution is 6.30. The molecule has 2 aromatic heterocycles. The summed E-state index contributed by atoms with van der Waals surface area (Å²) in [4.78, 5) is 32.3. The van der Waals surface area contributed by atoms with Gasteiger partial charge in [-0.1, -0.05) is 37.1 Å². The summed E-state index contributed by atoms with van der Waals surface area (Å²) in [7, 11) is 0. The maximum atomic E-state index is 13.8. The molecule has 0 aliphatic carbocycles. The Hall–Kier alpha value is -2.97. The van der Waals surface area contributed by atoms with Crippen molar-refractivity contribution in [3.63, 3.8) is 0 Å². The number of carbonyl (C=O) groups excluding carboxylic acids is 1. The van der Waals surface area contributed by atoms with E-state index in [0.29, 0.717) is 23.0 Å². The first kappa shape index (κ1) is 28.2. The van der Waals surface area contributed by atoms with Crippen LogP contribution in [0, 0.1) is 0 Å². The number of morpholine rings is 1. The number of ether oxygens (including phenoxy) is 1. The summed E-state index contributed by atoms with van der Waals surface area (Å²) >= 11 is 6.02. The molecule has 0 spiro atoms. The van der Waals surface area contributed by atoms with E-state index < -0.39 is 0 Å². The van der Waals surface area contributed by atoms with Gasteiger partial charge in [0, 0.05) is 72.9 Å². The molecular weight excluding hydrogens is 536 g/mol. The van der Waals surface area contributed by atoms with Crippen molar-refractivity contribution in [2.24, 2.45) is 0 Å². The van der Waals surface area contributed by atoms with E-state index in [0.717, 1.165) is 80.1 Å². The van der Waals surface area contributed by atoms with Gasteiger partial charge in [-0.25, -0.2) is 0 Å². The van der Waals surface area contributed by atoms with Crippen LogP contribution in [0.1, 0.15) is 59.8 Å². The lowest BCUT2D eigenvalue weighted by Gasteiger charge is -2.35. The third kappa shape index (κ3) is 6.14. The van der Waals surface area contributed by atoms with Gasteiger partial charge in [0.15, 0.2) is 0 Å². The first-order chi connectivity index (χ1) is 20.0. The van der Waals surface area contributed by atoms with E-state index in [9.17, 15) is 9.59 Å². The molecule has 1 atom stereocenters. The third-order valence-electron chi connectivity index (χ3n) is 8.82. The predicted octanol–water partition coefficient (Wildman–Crippen LogP) is 5.11. The fraction of sp³-hybridized carbons (Fsp3) is 0.455. The Kier molecular flexibility index (Phi) is 8.58. The van der Waals surface area contributed by atoms with E-state index in [1.54, 1.807) is 18.3 Å². The average Bonchev–Trinajstić information content (AvgIpc) is 3.35. The monoisotopic (exact) mass is 574 g/mol. The van der Waals surface area contributed by atoms with Gasteiger partial charge in [-0.2, -0.15) is 0 Å². The molecule has 1 amide bonds. The van der Waals surface area contributed by atoms with E-state index >= 15 is 0 Å². The normalized spacial score (nSPS) is 18.8. The molecule has 41 heavy (non-hydrogen) atoms. The van der Waals surface area contributed by atoms with E-state index in [-0.39, 0.29) is 16.9 Å². The van der Waals surface area contributed by atoms with Gasteiger partial charge in [0.1, 0.15) is 5.56 Å². The summed E-state index contributed by atoms with van der Waals surface area (Å²) in [6.07, 6.45) is 7.63. The number of hydrogen-bond donors (Lipinski definition) is 1. The van der Waals surface area contributed by atoms with E-state index in [1.807, 2.05) is 18.2 Å². The summed E-state index contributed by atoms with van der Waals surface area (Å²) in [5.74, 6) is -0.357. The zero-order valence-corrected chi connectivity index (χ0v) is 24.6. The first-order valence-corrected chi connectivity index (χ1v) is 15.4. The number of carbonyl (C=O) groups is 1. The Morgan fingerprint density at radius 3 is 2.63 bits per heavy atom. The van der Waals surface area contributed by atoms with Gasteiger partial charge in [-0.05, 0) is 67.3 Å². The lowest BCUT2D eigenvalue weighted by molar-refractivity contribution is 0.0342. The van der Waals surface area contributed by atoms with Gasteiger partial charge in [0.2, 0.25) is 5.43 Å². The van der Waals surface area contributed by atoms with Crippen molar-refractivity contribution in [1.29, 1.82) is 0 Å². The van der Waals surface area contributed by atoms with Gasteiger partial charge in [-0.15, -0.1) is 0 Å². The number of amides is 1. The number of aromatic nitrogens is 1. The van der Waals surface area contributed by atoms with E-state index in [1.165, 1.54) is 25.7 Å². The second-order valence-electron chi connectivity index (χ2n) is 11.5. The fourth-order valence-electron chi connectivity index (χ4n) is 6.56. The molecule has 2 saturated heterocycles. The molecule has 216 valence electrons. The molecule has 4 aromatic rings. The minimum atomic E-state index is -0.357. The van der Waals surface area contributed by atoms with Crippen LogP contribution in [-0.4, -0.2) is 65.5 Å². The molecule has 1 N–H and O–H groups in total. The van der Waals surface area contributed by atoms with Crippen LogP contribution < -0.4 is 10.7 Å². The maximum Gasteiger partial charge on any atom is 0.257 e. The summed E-state index contributed by atoms with van der Waals surface area (Å²) in [5.41, 5.74) is 4.04. The van der Waals surface area contributed by atoms with Crippen molar-refractivity contribution in [3.05, 3.63) is 86.3 Å². The number of rotatable bonds is 9. The number of benzene rings is 2. The topological polar surface area (TPSA) is 66.3 Å². The fourth-order valence-corrected chi connectivity index (χ4v) is 6.69. The quantitative estimate of drug-likeness (QED) is 0.301. The molecule has 2 aromatic carbocycles.